The fourth-order valence-electron chi connectivity index (χ4n) is 5.26. The van der Waals surface area contributed by atoms with Gasteiger partial charge in [-0.25, -0.2) is 14.8 Å². The van der Waals surface area contributed by atoms with Crippen molar-refractivity contribution in [3.63, 3.8) is 0 Å². The maximum atomic E-state index is 14.9. The highest BCUT2D eigenvalue weighted by molar-refractivity contribution is 8.18. The number of rotatable bonds is 23. The molecule has 3 N–H and O–H groups in total. The van der Waals surface area contributed by atoms with Crippen LogP contribution in [-0.4, -0.2) is 125 Å². The second-order valence-corrected chi connectivity index (χ2v) is 17.6. The summed E-state index contributed by atoms with van der Waals surface area (Å²) in [7, 11) is -3.82. The van der Waals surface area contributed by atoms with Crippen molar-refractivity contribution >= 4 is 77.8 Å². The summed E-state index contributed by atoms with van der Waals surface area (Å²) in [6.07, 6.45) is 4.85. The van der Waals surface area contributed by atoms with Gasteiger partial charge in [0.15, 0.2) is 5.78 Å². The first kappa shape index (κ1) is 51.1. The lowest BCUT2D eigenvalue weighted by Crippen LogP contribution is -2.43. The Bertz CT molecular complexity index is 1290. The van der Waals surface area contributed by atoms with E-state index in [0.29, 0.717) is 37.2 Å². The SMILES string of the molecule is CCC(=O)CCN(CCC(=O)CC)C(=O)CCN(CCC(=O)N(CCC(=O)CC)CCC(=O)CC)P1(=O)NCCCC(=O)/C=C/SCS/C=C/C(=O)NCCN1. The Balaban J connectivity index is 3.44. The number of nitrogens with one attached hydrogen (secondary N) is 3. The zero-order chi connectivity index (χ0) is 41.8. The molecule has 18 heteroatoms. The molecule has 0 aromatic heterocycles. The molecular formula is C38H63N6O9PS2. The first-order valence-corrected chi connectivity index (χ1v) is 23.4. The van der Waals surface area contributed by atoms with E-state index in [2.05, 4.69) is 15.5 Å². The van der Waals surface area contributed by atoms with E-state index in [9.17, 15) is 42.9 Å². The number of thioether (sulfide) groups is 2. The molecule has 0 spiro atoms. The summed E-state index contributed by atoms with van der Waals surface area (Å²) < 4.78 is 16.4. The van der Waals surface area contributed by atoms with Crippen LogP contribution in [0.3, 0.4) is 0 Å². The molecule has 1 aliphatic heterocycles. The van der Waals surface area contributed by atoms with Crippen molar-refractivity contribution in [3.05, 3.63) is 23.0 Å². The van der Waals surface area contributed by atoms with Crippen molar-refractivity contribution in [2.24, 2.45) is 0 Å². The predicted molar refractivity (Wildman–Crippen MR) is 223 cm³/mol. The Morgan fingerprint density at radius 2 is 1.04 bits per heavy atom. The van der Waals surface area contributed by atoms with E-state index in [1.807, 2.05) is 0 Å². The molecule has 1 rings (SSSR count). The molecule has 0 aliphatic carbocycles. The summed E-state index contributed by atoms with van der Waals surface area (Å²) in [5.74, 6) is -1.28. The Hall–Kier alpha value is -2.95. The van der Waals surface area contributed by atoms with Gasteiger partial charge in [0.25, 0.3) is 7.59 Å². The molecule has 0 fully saturated rings. The fourth-order valence-corrected chi connectivity index (χ4v) is 8.83. The number of allylic oxidation sites excluding steroid dienone is 1. The van der Waals surface area contributed by atoms with Crippen LogP contribution in [0.5, 0.6) is 0 Å². The number of hydrogen-bond donors (Lipinski definition) is 3. The van der Waals surface area contributed by atoms with E-state index in [1.165, 1.54) is 50.1 Å². The number of Topliss-reactive ketones (excluding diaryl/α,β-unsaturated/α-hetero) is 4. The minimum Gasteiger partial charge on any atom is -0.351 e. The van der Waals surface area contributed by atoms with E-state index in [1.54, 1.807) is 38.5 Å². The van der Waals surface area contributed by atoms with Crippen molar-refractivity contribution in [3.8, 4) is 0 Å². The van der Waals surface area contributed by atoms with Gasteiger partial charge in [-0.1, -0.05) is 27.7 Å². The van der Waals surface area contributed by atoms with Crippen molar-refractivity contribution in [2.45, 2.75) is 105 Å². The van der Waals surface area contributed by atoms with Crippen LogP contribution in [0.2, 0.25) is 0 Å². The van der Waals surface area contributed by atoms with E-state index in [0.717, 1.165) is 0 Å². The number of carbonyl (C=O) groups excluding carboxylic acids is 8. The van der Waals surface area contributed by atoms with E-state index in [-0.39, 0.29) is 150 Å². The number of nitrogens with zero attached hydrogens (tertiary/aromatic N) is 3. The highest BCUT2D eigenvalue weighted by Gasteiger charge is 2.32. The Morgan fingerprint density at radius 1 is 0.607 bits per heavy atom. The van der Waals surface area contributed by atoms with Crippen LogP contribution in [0.1, 0.15) is 105 Å². The summed E-state index contributed by atoms with van der Waals surface area (Å²) in [6, 6.07) is 0. The smallest absolute Gasteiger partial charge is 0.281 e. The number of carbonyl (C=O) groups is 8. The van der Waals surface area contributed by atoms with Gasteiger partial charge in [-0.05, 0) is 23.3 Å². The summed E-state index contributed by atoms with van der Waals surface area (Å²) in [6.45, 7) is 7.61. The van der Waals surface area contributed by atoms with Crippen molar-refractivity contribution < 1.29 is 42.9 Å². The predicted octanol–water partition coefficient (Wildman–Crippen LogP) is 4.42. The second kappa shape index (κ2) is 30.2. The lowest BCUT2D eigenvalue weighted by molar-refractivity contribution is -0.133. The van der Waals surface area contributed by atoms with Gasteiger partial charge in [0.05, 0.1) is 0 Å². The van der Waals surface area contributed by atoms with Crippen LogP contribution < -0.4 is 15.5 Å². The minimum absolute atomic E-state index is 0.0280. The molecule has 3 amide bonds. The first-order chi connectivity index (χ1) is 26.8. The molecule has 0 bridgehead atoms. The molecule has 1 unspecified atom stereocenters. The van der Waals surface area contributed by atoms with Crippen molar-refractivity contribution in [1.29, 1.82) is 0 Å². The van der Waals surface area contributed by atoms with Crippen molar-refractivity contribution in [2.75, 3.05) is 64.0 Å². The maximum Gasteiger partial charge on any atom is 0.281 e. The average Bonchev–Trinajstić information content (AvgIpc) is 3.19. The fraction of sp³-hybridized carbons (Fsp3) is 0.684. The van der Waals surface area contributed by atoms with Gasteiger partial charge < -0.3 is 15.1 Å². The summed E-state index contributed by atoms with van der Waals surface area (Å²) in [5.41, 5.74) is 0. The molecule has 0 saturated carbocycles. The van der Waals surface area contributed by atoms with E-state index < -0.39 is 7.59 Å². The standard InChI is InChI=1S/C38H63N6O9PS2/c1-5-31(45)11-22-42(23-12-32(46)6-2)37(51)15-26-44(27-16-38(52)43(24-13-33(47)7-3)25-14-34(48)8-4)54(53)40-19-9-10-35(49)17-28-55-30-56-29-18-36(50)39-20-21-41-54/h17-18,28-29H,5-16,19-27,30H2,1-4H3,(H,39,50)(H2,40,41,53)/b28-17+,29-18+. The molecule has 316 valence electrons. The van der Waals surface area contributed by atoms with E-state index >= 15 is 0 Å². The summed E-state index contributed by atoms with van der Waals surface area (Å²) >= 11 is 2.82. The number of hydrogen-bond acceptors (Lipinski definition) is 11. The van der Waals surface area contributed by atoms with Crippen LogP contribution in [0.15, 0.2) is 23.0 Å². The van der Waals surface area contributed by atoms with Gasteiger partial charge in [-0.15, -0.1) is 23.5 Å². The van der Waals surface area contributed by atoms with Gasteiger partial charge in [-0.3, -0.25) is 42.9 Å². The van der Waals surface area contributed by atoms with Gasteiger partial charge in [0.1, 0.15) is 23.1 Å². The van der Waals surface area contributed by atoms with Crippen LogP contribution >= 0.6 is 31.1 Å². The molecule has 56 heavy (non-hydrogen) atoms. The van der Waals surface area contributed by atoms with Crippen LogP contribution in [0.4, 0.5) is 0 Å². The van der Waals surface area contributed by atoms with E-state index in [4.69, 9.17) is 0 Å². The highest BCUT2D eigenvalue weighted by Crippen LogP contribution is 2.41. The Kier molecular flexibility index (Phi) is 27.5. The summed E-state index contributed by atoms with van der Waals surface area (Å²) in [4.78, 5) is 104. The zero-order valence-electron chi connectivity index (χ0n) is 33.6. The van der Waals surface area contributed by atoms with Gasteiger partial charge >= 0.3 is 0 Å². The normalized spacial score (nSPS) is 18.6. The van der Waals surface area contributed by atoms with Crippen LogP contribution in [0, 0.1) is 0 Å². The molecule has 0 radical (unpaired) electrons. The largest absolute Gasteiger partial charge is 0.351 e. The van der Waals surface area contributed by atoms with Gasteiger partial charge in [0, 0.05) is 141 Å². The third-order valence-electron chi connectivity index (χ3n) is 8.97. The highest BCUT2D eigenvalue weighted by atomic mass is 32.2. The topological polar surface area (TPSA) is 199 Å². The quantitative estimate of drug-likeness (QED) is 0.122. The van der Waals surface area contributed by atoms with Crippen LogP contribution in [-0.2, 0) is 42.9 Å². The first-order valence-electron chi connectivity index (χ1n) is 19.6. The number of ketones is 5. The molecule has 1 heterocycles. The maximum absolute atomic E-state index is 14.9. The van der Waals surface area contributed by atoms with Gasteiger partial charge in [-0.2, -0.15) is 0 Å². The molecular weight excluding hydrogens is 780 g/mol. The molecule has 0 aromatic carbocycles. The minimum atomic E-state index is -3.82. The number of amides is 3. The monoisotopic (exact) mass is 842 g/mol. The average molecular weight is 843 g/mol. The molecule has 1 aliphatic rings. The lowest BCUT2D eigenvalue weighted by Gasteiger charge is -2.34. The summed E-state index contributed by atoms with van der Waals surface area (Å²) in [5, 5.41) is 12.8. The molecule has 0 aromatic rings. The molecule has 1 atom stereocenters. The van der Waals surface area contributed by atoms with Gasteiger partial charge in [0.2, 0.25) is 17.7 Å². The molecule has 0 saturated heterocycles. The van der Waals surface area contributed by atoms with Crippen LogP contribution in [0.25, 0.3) is 0 Å². The zero-order valence-corrected chi connectivity index (χ0v) is 36.2. The third kappa shape index (κ3) is 22.7. The lowest BCUT2D eigenvalue weighted by atomic mass is 10.1. The molecule has 15 nitrogen and oxygen atoms in total. The van der Waals surface area contributed by atoms with Crippen molar-refractivity contribution in [1.82, 2.24) is 30.0 Å². The Labute approximate surface area is 341 Å². The third-order valence-corrected chi connectivity index (χ3v) is 13.2. The Morgan fingerprint density at radius 3 is 1.48 bits per heavy atom. The second-order valence-electron chi connectivity index (χ2n) is 13.1.